The molecule has 94 valence electrons. The lowest BCUT2D eigenvalue weighted by molar-refractivity contribution is 0.756. The molecule has 0 unspecified atom stereocenters. The van der Waals surface area contributed by atoms with E-state index >= 15 is 0 Å². The first-order chi connectivity index (χ1) is 8.56. The van der Waals surface area contributed by atoms with E-state index in [1.165, 1.54) is 0 Å². The summed E-state index contributed by atoms with van der Waals surface area (Å²) in [6, 6.07) is 7.44. The average molecular weight is 281 g/mol. The molecule has 0 atom stereocenters. The highest BCUT2D eigenvalue weighted by Crippen LogP contribution is 2.21. The lowest BCUT2D eigenvalue weighted by Crippen LogP contribution is -2.19. The summed E-state index contributed by atoms with van der Waals surface area (Å²) < 4.78 is 1.73. The summed E-state index contributed by atoms with van der Waals surface area (Å²) in [5.74, 6) is 0. The molecular weight excluding hydrogens is 268 g/mol. The Balaban J connectivity index is 2.06. The summed E-state index contributed by atoms with van der Waals surface area (Å²) in [5.41, 5.74) is 2.54. The minimum atomic E-state index is 0.485. The monoisotopic (exact) mass is 280 g/mol. The number of thiocarbonyl (C=S) groups is 1. The quantitative estimate of drug-likeness (QED) is 0.829. The second-order valence-corrected chi connectivity index (χ2v) is 4.68. The Kier molecular flexibility index (Phi) is 3.84. The van der Waals surface area contributed by atoms with Crippen LogP contribution in [0, 0.1) is 6.92 Å². The highest BCUT2D eigenvalue weighted by atomic mass is 35.5. The van der Waals surface area contributed by atoms with E-state index in [2.05, 4.69) is 15.7 Å². The number of halogens is 1. The largest absolute Gasteiger partial charge is 0.331 e. The molecule has 0 radical (unpaired) electrons. The Morgan fingerprint density at radius 2 is 1.94 bits per heavy atom. The predicted octanol–water partition coefficient (Wildman–Crippen LogP) is 3.19. The van der Waals surface area contributed by atoms with Gasteiger partial charge in [0.2, 0.25) is 0 Å². The fourth-order valence-corrected chi connectivity index (χ4v) is 1.96. The second-order valence-electron chi connectivity index (χ2n) is 3.86. The van der Waals surface area contributed by atoms with Crippen LogP contribution in [0.4, 0.5) is 11.4 Å². The Morgan fingerprint density at radius 3 is 2.56 bits per heavy atom. The summed E-state index contributed by atoms with van der Waals surface area (Å²) in [4.78, 5) is 0. The normalized spacial score (nSPS) is 10.2. The van der Waals surface area contributed by atoms with Gasteiger partial charge in [0.1, 0.15) is 0 Å². The standard InChI is InChI=1S/C12H13ClN4S/c1-8-11(7-17(2)16-8)15-12(18)14-10-6-4-3-5-9(10)13/h3-7H,1-2H3,(H2,14,15,18). The van der Waals surface area contributed by atoms with Crippen LogP contribution in [-0.2, 0) is 7.05 Å². The maximum atomic E-state index is 6.04. The van der Waals surface area contributed by atoms with E-state index in [4.69, 9.17) is 23.8 Å². The van der Waals surface area contributed by atoms with Crippen molar-refractivity contribution >= 4 is 40.3 Å². The average Bonchev–Trinajstić information content (AvgIpc) is 2.61. The molecule has 2 aromatic rings. The van der Waals surface area contributed by atoms with Crippen molar-refractivity contribution in [3.05, 3.63) is 41.2 Å². The molecule has 0 aliphatic heterocycles. The number of nitrogens with one attached hydrogen (secondary N) is 2. The smallest absolute Gasteiger partial charge is 0.175 e. The maximum Gasteiger partial charge on any atom is 0.175 e. The van der Waals surface area contributed by atoms with Gasteiger partial charge in [-0.05, 0) is 31.3 Å². The first-order valence-corrected chi connectivity index (χ1v) is 6.17. The third-order valence-corrected chi connectivity index (χ3v) is 2.92. The van der Waals surface area contributed by atoms with Crippen LogP contribution >= 0.6 is 23.8 Å². The number of rotatable bonds is 2. The van der Waals surface area contributed by atoms with Crippen LogP contribution in [0.3, 0.4) is 0 Å². The molecule has 0 fully saturated rings. The topological polar surface area (TPSA) is 41.9 Å². The van der Waals surface area contributed by atoms with Crippen molar-refractivity contribution in [3.8, 4) is 0 Å². The molecule has 1 aromatic heterocycles. The third-order valence-electron chi connectivity index (χ3n) is 2.38. The molecular formula is C12H13ClN4S. The molecule has 1 aromatic carbocycles. The molecule has 0 saturated carbocycles. The third kappa shape index (κ3) is 3.00. The zero-order valence-electron chi connectivity index (χ0n) is 10.1. The maximum absolute atomic E-state index is 6.04. The van der Waals surface area contributed by atoms with Crippen molar-refractivity contribution in [1.29, 1.82) is 0 Å². The second kappa shape index (κ2) is 5.37. The summed E-state index contributed by atoms with van der Waals surface area (Å²) in [7, 11) is 1.86. The van der Waals surface area contributed by atoms with Crippen molar-refractivity contribution in [2.75, 3.05) is 10.6 Å². The number of hydrogen-bond donors (Lipinski definition) is 2. The van der Waals surface area contributed by atoms with E-state index < -0.39 is 0 Å². The molecule has 2 N–H and O–H groups in total. The van der Waals surface area contributed by atoms with Crippen molar-refractivity contribution in [2.24, 2.45) is 7.05 Å². The molecule has 1 heterocycles. The van der Waals surface area contributed by atoms with Gasteiger partial charge in [-0.3, -0.25) is 4.68 Å². The Labute approximate surface area is 116 Å². The van der Waals surface area contributed by atoms with Gasteiger partial charge >= 0.3 is 0 Å². The molecule has 0 spiro atoms. The van der Waals surface area contributed by atoms with Gasteiger partial charge < -0.3 is 10.6 Å². The van der Waals surface area contributed by atoms with E-state index in [-0.39, 0.29) is 0 Å². The number of anilines is 2. The van der Waals surface area contributed by atoms with E-state index in [0.717, 1.165) is 17.1 Å². The Hall–Kier alpha value is -1.59. The SMILES string of the molecule is Cc1nn(C)cc1NC(=S)Nc1ccccc1Cl. The van der Waals surface area contributed by atoms with Gasteiger partial charge in [-0.15, -0.1) is 0 Å². The molecule has 0 amide bonds. The van der Waals surface area contributed by atoms with Crippen molar-refractivity contribution in [2.45, 2.75) is 6.92 Å². The van der Waals surface area contributed by atoms with Crippen molar-refractivity contribution in [3.63, 3.8) is 0 Å². The van der Waals surface area contributed by atoms with E-state index in [1.807, 2.05) is 44.4 Å². The highest BCUT2D eigenvalue weighted by molar-refractivity contribution is 7.80. The zero-order chi connectivity index (χ0) is 13.1. The molecule has 2 rings (SSSR count). The number of nitrogens with zero attached hydrogens (tertiary/aromatic N) is 2. The molecule has 0 bridgehead atoms. The number of aryl methyl sites for hydroxylation is 2. The lowest BCUT2D eigenvalue weighted by atomic mass is 10.3. The number of hydrogen-bond acceptors (Lipinski definition) is 2. The summed E-state index contributed by atoms with van der Waals surface area (Å²) in [5, 5.41) is 11.5. The predicted molar refractivity (Wildman–Crippen MR) is 79.2 cm³/mol. The van der Waals surface area contributed by atoms with Crippen LogP contribution in [0.1, 0.15) is 5.69 Å². The summed E-state index contributed by atoms with van der Waals surface area (Å²) in [6.45, 7) is 1.92. The van der Waals surface area contributed by atoms with Crippen LogP contribution < -0.4 is 10.6 Å². The first-order valence-electron chi connectivity index (χ1n) is 5.39. The summed E-state index contributed by atoms with van der Waals surface area (Å²) in [6.07, 6.45) is 1.87. The number of benzene rings is 1. The molecule has 0 saturated heterocycles. The van der Waals surface area contributed by atoms with Crippen molar-refractivity contribution in [1.82, 2.24) is 9.78 Å². The van der Waals surface area contributed by atoms with E-state index in [0.29, 0.717) is 10.1 Å². The fraction of sp³-hybridized carbons (Fsp3) is 0.167. The van der Waals surface area contributed by atoms with E-state index in [9.17, 15) is 0 Å². The van der Waals surface area contributed by atoms with E-state index in [1.54, 1.807) is 4.68 Å². The van der Waals surface area contributed by atoms with Crippen LogP contribution in [0.5, 0.6) is 0 Å². The number of para-hydroxylation sites is 1. The fourth-order valence-electron chi connectivity index (χ4n) is 1.56. The lowest BCUT2D eigenvalue weighted by Gasteiger charge is -2.10. The Morgan fingerprint density at radius 1 is 1.28 bits per heavy atom. The molecule has 4 nitrogen and oxygen atoms in total. The number of aromatic nitrogens is 2. The van der Waals surface area contributed by atoms with Gasteiger partial charge in [0.25, 0.3) is 0 Å². The first kappa shape index (κ1) is 12.9. The van der Waals surface area contributed by atoms with Gasteiger partial charge in [-0.2, -0.15) is 5.10 Å². The van der Waals surface area contributed by atoms with Crippen molar-refractivity contribution < 1.29 is 0 Å². The molecule has 0 aliphatic rings. The van der Waals surface area contributed by atoms with Crippen LogP contribution in [0.15, 0.2) is 30.5 Å². The summed E-state index contributed by atoms with van der Waals surface area (Å²) >= 11 is 11.3. The molecule has 0 aliphatic carbocycles. The molecule has 18 heavy (non-hydrogen) atoms. The van der Waals surface area contributed by atoms with Gasteiger partial charge in [0.05, 0.1) is 22.1 Å². The zero-order valence-corrected chi connectivity index (χ0v) is 11.6. The van der Waals surface area contributed by atoms with Gasteiger partial charge in [0, 0.05) is 13.2 Å². The Bertz CT molecular complexity index is 579. The van der Waals surface area contributed by atoms with Crippen LogP contribution in [0.25, 0.3) is 0 Å². The highest BCUT2D eigenvalue weighted by Gasteiger charge is 2.06. The van der Waals surface area contributed by atoms with Gasteiger partial charge in [0.15, 0.2) is 5.11 Å². The van der Waals surface area contributed by atoms with Crippen LogP contribution in [0.2, 0.25) is 5.02 Å². The minimum absolute atomic E-state index is 0.485. The van der Waals surface area contributed by atoms with Gasteiger partial charge in [-0.25, -0.2) is 0 Å². The van der Waals surface area contributed by atoms with Crippen LogP contribution in [-0.4, -0.2) is 14.9 Å². The van der Waals surface area contributed by atoms with Gasteiger partial charge in [-0.1, -0.05) is 23.7 Å². The minimum Gasteiger partial charge on any atom is -0.331 e. The molecule has 6 heteroatoms.